The van der Waals surface area contributed by atoms with Crippen molar-refractivity contribution in [2.75, 3.05) is 7.05 Å². The van der Waals surface area contributed by atoms with Crippen LogP contribution < -0.4 is 0 Å². The Kier molecular flexibility index (Phi) is 5.91. The number of hydrogen-bond acceptors (Lipinski definition) is 5. The molecule has 0 saturated carbocycles. The number of benzene rings is 2. The van der Waals surface area contributed by atoms with Crippen molar-refractivity contribution < 1.29 is 19.1 Å². The third-order valence-electron chi connectivity index (χ3n) is 4.45. The minimum absolute atomic E-state index is 0.170. The lowest BCUT2D eigenvalue weighted by molar-refractivity contribution is -0.121. The highest BCUT2D eigenvalue weighted by molar-refractivity contribution is 8.18. The number of hydrogen-bond donors (Lipinski definition) is 1. The summed E-state index contributed by atoms with van der Waals surface area (Å²) in [5, 5.41) is 10.4. The first kappa shape index (κ1) is 21.2. The molecule has 0 atom stereocenters. The number of aliphatic imine (C=N–C) groups is 1. The molecule has 0 bridgehead atoms. The second-order valence-electron chi connectivity index (χ2n) is 6.55. The highest BCUT2D eigenvalue weighted by Crippen LogP contribution is 2.35. The van der Waals surface area contributed by atoms with Gasteiger partial charge in [0.2, 0.25) is 0 Å². The van der Waals surface area contributed by atoms with Gasteiger partial charge in [-0.15, -0.1) is 0 Å². The molecule has 4 rings (SSSR count). The van der Waals surface area contributed by atoms with Crippen molar-refractivity contribution in [1.29, 1.82) is 0 Å². The van der Waals surface area contributed by atoms with Gasteiger partial charge in [-0.25, -0.2) is 9.79 Å². The second kappa shape index (κ2) is 8.63. The molecule has 0 unspecified atom stereocenters. The Labute approximate surface area is 191 Å². The molecule has 0 aliphatic carbocycles. The van der Waals surface area contributed by atoms with Crippen LogP contribution in [-0.2, 0) is 4.79 Å². The fraction of sp³-hybridized carbons (Fsp3) is 0.0455. The van der Waals surface area contributed by atoms with Crippen LogP contribution in [0.25, 0.3) is 17.4 Å². The van der Waals surface area contributed by atoms with Gasteiger partial charge in [0.15, 0.2) is 5.17 Å². The molecule has 2 aromatic carbocycles. The number of carbonyl (C=O) groups is 2. The van der Waals surface area contributed by atoms with Gasteiger partial charge in [-0.2, -0.15) is 0 Å². The van der Waals surface area contributed by atoms with Crippen molar-refractivity contribution in [2.24, 2.45) is 4.99 Å². The van der Waals surface area contributed by atoms with Crippen molar-refractivity contribution in [1.82, 2.24) is 4.90 Å². The fourth-order valence-electron chi connectivity index (χ4n) is 2.80. The molecule has 1 N–H and O–H groups in total. The Morgan fingerprint density at radius 3 is 2.52 bits per heavy atom. The molecule has 1 fully saturated rings. The molecular formula is C22H14Cl2N2O4S. The standard InChI is InChI=1S/C22H14Cl2N2O4S/c1-26-20(27)19(31-22(26)25-14-5-2-12(3-6-14)21(28)29)11-15-7-9-18(30-15)13-4-8-16(23)17(24)10-13/h2-11H,1H3,(H,28,29)/b19-11-,25-22?. The lowest BCUT2D eigenvalue weighted by Gasteiger charge is -2.07. The molecule has 1 amide bonds. The van der Waals surface area contributed by atoms with Gasteiger partial charge >= 0.3 is 5.97 Å². The zero-order valence-corrected chi connectivity index (χ0v) is 18.3. The second-order valence-corrected chi connectivity index (χ2v) is 8.38. The van der Waals surface area contributed by atoms with Crippen LogP contribution in [0.15, 0.2) is 68.9 Å². The van der Waals surface area contributed by atoms with Gasteiger partial charge in [-0.3, -0.25) is 9.69 Å². The van der Waals surface area contributed by atoms with Crippen molar-refractivity contribution in [3.05, 3.63) is 80.9 Å². The van der Waals surface area contributed by atoms with E-state index in [1.807, 2.05) is 0 Å². The number of aromatic carboxylic acids is 1. The summed E-state index contributed by atoms with van der Waals surface area (Å²) in [5.41, 5.74) is 1.49. The maximum atomic E-state index is 12.6. The van der Waals surface area contributed by atoms with E-state index in [4.69, 9.17) is 32.7 Å². The predicted octanol–water partition coefficient (Wildman–Crippen LogP) is 6.19. The van der Waals surface area contributed by atoms with E-state index in [-0.39, 0.29) is 11.5 Å². The van der Waals surface area contributed by atoms with Crippen molar-refractivity contribution >= 4 is 63.8 Å². The number of carboxylic acids is 1. The molecule has 156 valence electrons. The fourth-order valence-corrected chi connectivity index (χ4v) is 4.07. The van der Waals surface area contributed by atoms with E-state index in [1.54, 1.807) is 55.6 Å². The Hall–Kier alpha value is -3.00. The molecule has 1 aliphatic rings. The Morgan fingerprint density at radius 1 is 1.10 bits per heavy atom. The van der Waals surface area contributed by atoms with E-state index in [2.05, 4.69) is 4.99 Å². The number of rotatable bonds is 4. The maximum absolute atomic E-state index is 12.6. The van der Waals surface area contributed by atoms with E-state index < -0.39 is 5.97 Å². The van der Waals surface area contributed by atoms with E-state index in [9.17, 15) is 9.59 Å². The summed E-state index contributed by atoms with van der Waals surface area (Å²) >= 11 is 13.2. The number of amidine groups is 1. The maximum Gasteiger partial charge on any atom is 0.335 e. The van der Waals surface area contributed by atoms with E-state index in [0.29, 0.717) is 37.3 Å². The molecular weight excluding hydrogens is 459 g/mol. The SMILES string of the molecule is CN1C(=O)/C(=C/c2ccc(-c3ccc(Cl)c(Cl)c3)o2)SC1=Nc1ccc(C(=O)O)cc1. The molecule has 2 heterocycles. The van der Waals surface area contributed by atoms with Gasteiger partial charge in [-0.1, -0.05) is 23.2 Å². The largest absolute Gasteiger partial charge is 0.478 e. The topological polar surface area (TPSA) is 83.1 Å². The van der Waals surface area contributed by atoms with Crippen LogP contribution in [-0.4, -0.2) is 34.1 Å². The quantitative estimate of drug-likeness (QED) is 0.457. The minimum atomic E-state index is -1.01. The Balaban J connectivity index is 1.56. The molecule has 1 aromatic heterocycles. The smallest absolute Gasteiger partial charge is 0.335 e. The monoisotopic (exact) mass is 472 g/mol. The van der Waals surface area contributed by atoms with Crippen molar-refractivity contribution in [2.45, 2.75) is 0 Å². The van der Waals surface area contributed by atoms with Crippen LogP contribution in [0.1, 0.15) is 16.1 Å². The number of halogens is 2. The summed E-state index contributed by atoms with van der Waals surface area (Å²) in [5.74, 6) is -0.108. The normalized spacial score (nSPS) is 16.5. The molecule has 0 spiro atoms. The lowest BCUT2D eigenvalue weighted by Crippen LogP contribution is -2.23. The van der Waals surface area contributed by atoms with Gasteiger partial charge in [0, 0.05) is 18.7 Å². The molecule has 1 saturated heterocycles. The van der Waals surface area contributed by atoms with Crippen molar-refractivity contribution in [3.63, 3.8) is 0 Å². The number of carboxylic acid groups (broad SMARTS) is 1. The summed E-state index contributed by atoms with van der Waals surface area (Å²) in [7, 11) is 1.63. The molecule has 0 radical (unpaired) electrons. The number of thioether (sulfide) groups is 1. The average Bonchev–Trinajstić information content (AvgIpc) is 3.31. The summed E-state index contributed by atoms with van der Waals surface area (Å²) in [6.45, 7) is 0. The zero-order valence-electron chi connectivity index (χ0n) is 16.0. The number of furan rings is 1. The summed E-state index contributed by atoms with van der Waals surface area (Å²) in [4.78, 5) is 29.9. The zero-order chi connectivity index (χ0) is 22.1. The first-order valence-corrected chi connectivity index (χ1v) is 10.5. The molecule has 1 aliphatic heterocycles. The van der Waals surface area contributed by atoms with E-state index in [0.717, 1.165) is 5.56 Å². The van der Waals surface area contributed by atoms with Crippen LogP contribution in [0.4, 0.5) is 5.69 Å². The molecule has 3 aromatic rings. The van der Waals surface area contributed by atoms with Crippen molar-refractivity contribution in [3.8, 4) is 11.3 Å². The molecule has 31 heavy (non-hydrogen) atoms. The number of carbonyl (C=O) groups excluding carboxylic acids is 1. The van der Waals surface area contributed by atoms with Crippen LogP contribution in [0.3, 0.4) is 0 Å². The average molecular weight is 473 g/mol. The van der Waals surface area contributed by atoms with Gasteiger partial charge in [0.25, 0.3) is 5.91 Å². The number of amides is 1. The predicted molar refractivity (Wildman–Crippen MR) is 123 cm³/mol. The number of likely N-dealkylation sites (N-methyl/N-ethyl adjacent to an activating group) is 1. The van der Waals surface area contributed by atoms with Gasteiger partial charge in [0.1, 0.15) is 11.5 Å². The first-order valence-electron chi connectivity index (χ1n) is 8.97. The summed E-state index contributed by atoms with van der Waals surface area (Å²) in [6.07, 6.45) is 1.65. The Morgan fingerprint density at radius 2 is 1.84 bits per heavy atom. The molecule has 6 nitrogen and oxygen atoms in total. The van der Waals surface area contributed by atoms with E-state index >= 15 is 0 Å². The third-order valence-corrected chi connectivity index (χ3v) is 6.25. The first-order chi connectivity index (χ1) is 14.8. The van der Waals surface area contributed by atoms with Crippen LogP contribution in [0.5, 0.6) is 0 Å². The van der Waals surface area contributed by atoms with Crippen LogP contribution >= 0.6 is 35.0 Å². The van der Waals surface area contributed by atoms with Gasteiger partial charge < -0.3 is 9.52 Å². The highest BCUT2D eigenvalue weighted by Gasteiger charge is 2.30. The highest BCUT2D eigenvalue weighted by atomic mass is 35.5. The molecule has 9 heteroatoms. The summed E-state index contributed by atoms with van der Waals surface area (Å²) in [6, 6.07) is 14.9. The Bertz CT molecular complexity index is 1250. The van der Waals surface area contributed by atoms with Gasteiger partial charge in [-0.05, 0) is 66.4 Å². The number of nitrogens with zero attached hydrogens (tertiary/aromatic N) is 2. The van der Waals surface area contributed by atoms with Crippen LogP contribution in [0.2, 0.25) is 10.0 Å². The minimum Gasteiger partial charge on any atom is -0.478 e. The third kappa shape index (κ3) is 4.54. The summed E-state index contributed by atoms with van der Waals surface area (Å²) < 4.78 is 5.84. The van der Waals surface area contributed by atoms with E-state index in [1.165, 1.54) is 28.8 Å². The van der Waals surface area contributed by atoms with Crippen LogP contribution in [0, 0.1) is 0 Å². The lowest BCUT2D eigenvalue weighted by atomic mass is 10.2. The van der Waals surface area contributed by atoms with Gasteiger partial charge in [0.05, 0.1) is 26.2 Å².